The van der Waals surface area contributed by atoms with Crippen LogP contribution in [0.3, 0.4) is 0 Å². The predicted molar refractivity (Wildman–Crippen MR) is 197 cm³/mol. The van der Waals surface area contributed by atoms with E-state index >= 15 is 0 Å². The van der Waals surface area contributed by atoms with E-state index in [0.717, 1.165) is 50.1 Å². The number of oxazole rings is 2. The standard InChI is InChI=1S/C42H25N7O2/c1-3-13-26(14-4-1)37-46-38(48-42(47-37)49-34-20-10-7-17-31(34)43-39(49)27-15-5-2-6-16-27)28-23-29(40-44-32-18-8-11-21-35(32)50-40)25-30(24-28)41-45-33-19-9-12-22-36(33)51-41/h1-25H. The van der Waals surface area contributed by atoms with Gasteiger partial charge in [-0.2, -0.15) is 9.97 Å². The zero-order valence-corrected chi connectivity index (χ0v) is 26.9. The van der Waals surface area contributed by atoms with E-state index in [-0.39, 0.29) is 0 Å². The van der Waals surface area contributed by atoms with Crippen LogP contribution in [0.5, 0.6) is 0 Å². The van der Waals surface area contributed by atoms with E-state index < -0.39 is 0 Å². The Morgan fingerprint density at radius 2 is 0.863 bits per heavy atom. The minimum absolute atomic E-state index is 0.432. The zero-order valence-electron chi connectivity index (χ0n) is 26.9. The smallest absolute Gasteiger partial charge is 0.240 e. The number of rotatable bonds is 6. The largest absolute Gasteiger partial charge is 0.436 e. The van der Waals surface area contributed by atoms with Crippen LogP contribution in [-0.4, -0.2) is 34.5 Å². The number of imidazole rings is 1. The van der Waals surface area contributed by atoms with E-state index in [2.05, 4.69) is 0 Å². The fourth-order valence-corrected chi connectivity index (χ4v) is 6.31. The van der Waals surface area contributed by atoms with Crippen molar-refractivity contribution in [2.24, 2.45) is 0 Å². The van der Waals surface area contributed by atoms with Gasteiger partial charge in [0.15, 0.2) is 22.8 Å². The van der Waals surface area contributed by atoms with E-state index in [1.165, 1.54) is 0 Å². The van der Waals surface area contributed by atoms with Crippen LogP contribution in [0.2, 0.25) is 0 Å². The zero-order chi connectivity index (χ0) is 33.7. The highest BCUT2D eigenvalue weighted by Gasteiger charge is 2.21. The van der Waals surface area contributed by atoms with E-state index in [0.29, 0.717) is 46.1 Å². The maximum Gasteiger partial charge on any atom is 0.240 e. The van der Waals surface area contributed by atoms with Gasteiger partial charge in [0.05, 0.1) is 11.0 Å². The number of hydrogen-bond donors (Lipinski definition) is 0. The molecule has 0 amide bonds. The van der Waals surface area contributed by atoms with Crippen LogP contribution in [0.4, 0.5) is 0 Å². The van der Waals surface area contributed by atoms with Crippen molar-refractivity contribution in [3.8, 4) is 63.0 Å². The maximum atomic E-state index is 6.26. The van der Waals surface area contributed by atoms with Crippen LogP contribution in [0.15, 0.2) is 160 Å². The Kier molecular flexibility index (Phi) is 6.60. The first kappa shape index (κ1) is 28.7. The molecular formula is C42H25N7O2. The molecule has 240 valence electrons. The molecule has 4 aromatic heterocycles. The summed E-state index contributed by atoms with van der Waals surface area (Å²) in [5, 5.41) is 0. The first-order valence-corrected chi connectivity index (χ1v) is 16.5. The van der Waals surface area contributed by atoms with E-state index in [1.807, 2.05) is 156 Å². The third-order valence-corrected chi connectivity index (χ3v) is 8.72. The van der Waals surface area contributed by atoms with Gasteiger partial charge in [-0.3, -0.25) is 4.57 Å². The van der Waals surface area contributed by atoms with Crippen molar-refractivity contribution >= 4 is 33.2 Å². The Morgan fingerprint density at radius 1 is 0.373 bits per heavy atom. The number of fused-ring (bicyclic) bond motifs is 3. The van der Waals surface area contributed by atoms with Crippen LogP contribution in [0, 0.1) is 0 Å². The summed E-state index contributed by atoms with van der Waals surface area (Å²) in [6, 6.07) is 49.3. The Balaban J connectivity index is 1.24. The molecule has 10 rings (SSSR count). The number of benzene rings is 6. The molecule has 9 heteroatoms. The van der Waals surface area contributed by atoms with Gasteiger partial charge in [-0.1, -0.05) is 97.1 Å². The SMILES string of the molecule is c1ccc(-c2nc(-c3cc(-c4nc5ccccc5o4)cc(-c4nc5ccccc5o4)c3)nc(-n3c(-c4ccccc4)nc4ccccc43)n2)cc1. The van der Waals surface area contributed by atoms with Gasteiger partial charge in [0.25, 0.3) is 0 Å². The monoisotopic (exact) mass is 659 g/mol. The minimum atomic E-state index is 0.432. The van der Waals surface area contributed by atoms with Crippen molar-refractivity contribution in [1.82, 2.24) is 34.5 Å². The van der Waals surface area contributed by atoms with Crippen LogP contribution < -0.4 is 0 Å². The summed E-state index contributed by atoms with van der Waals surface area (Å²) in [5.74, 6) is 3.04. The Hall–Kier alpha value is -7.26. The molecule has 0 bridgehead atoms. The van der Waals surface area contributed by atoms with Crippen LogP contribution in [0.25, 0.3) is 96.3 Å². The number of hydrogen-bond acceptors (Lipinski definition) is 8. The van der Waals surface area contributed by atoms with Gasteiger partial charge in [0.1, 0.15) is 16.9 Å². The molecule has 0 aliphatic rings. The van der Waals surface area contributed by atoms with Crippen LogP contribution >= 0.6 is 0 Å². The van der Waals surface area contributed by atoms with Gasteiger partial charge in [-0.05, 0) is 54.6 Å². The third kappa shape index (κ3) is 5.12. The van der Waals surface area contributed by atoms with Crippen molar-refractivity contribution in [2.75, 3.05) is 0 Å². The molecule has 0 radical (unpaired) electrons. The molecule has 0 saturated heterocycles. The third-order valence-electron chi connectivity index (χ3n) is 8.72. The van der Waals surface area contributed by atoms with Crippen molar-refractivity contribution in [3.63, 3.8) is 0 Å². The Labute approximate surface area is 290 Å². The summed E-state index contributed by atoms with van der Waals surface area (Å²) < 4.78 is 14.5. The van der Waals surface area contributed by atoms with Crippen molar-refractivity contribution in [3.05, 3.63) is 152 Å². The topological polar surface area (TPSA) is 109 Å². The Bertz CT molecular complexity index is 2720. The molecule has 0 unspecified atom stereocenters. The maximum absolute atomic E-state index is 6.26. The lowest BCUT2D eigenvalue weighted by Crippen LogP contribution is -2.08. The molecule has 4 heterocycles. The van der Waals surface area contributed by atoms with Crippen molar-refractivity contribution in [2.45, 2.75) is 0 Å². The number of nitrogens with zero attached hydrogens (tertiary/aromatic N) is 7. The second kappa shape index (κ2) is 11.7. The summed E-state index contributed by atoms with van der Waals surface area (Å²) in [5.41, 5.74) is 8.55. The molecule has 0 N–H and O–H groups in total. The summed E-state index contributed by atoms with van der Waals surface area (Å²) >= 11 is 0. The van der Waals surface area contributed by atoms with Gasteiger partial charge in [0, 0.05) is 27.8 Å². The predicted octanol–water partition coefficient (Wildman–Crippen LogP) is 9.83. The van der Waals surface area contributed by atoms with Crippen molar-refractivity contribution < 1.29 is 8.83 Å². The fraction of sp³-hybridized carbons (Fsp3) is 0. The van der Waals surface area contributed by atoms with Gasteiger partial charge < -0.3 is 8.83 Å². The second-order valence-electron chi connectivity index (χ2n) is 12.0. The van der Waals surface area contributed by atoms with Gasteiger partial charge >= 0.3 is 0 Å². The summed E-state index contributed by atoms with van der Waals surface area (Å²) in [6.07, 6.45) is 0. The molecule has 9 nitrogen and oxygen atoms in total. The van der Waals surface area contributed by atoms with Gasteiger partial charge in [-0.15, -0.1) is 0 Å². The minimum Gasteiger partial charge on any atom is -0.436 e. The average Bonchev–Trinajstić information content (AvgIpc) is 3.94. The number of para-hydroxylation sites is 6. The van der Waals surface area contributed by atoms with E-state index in [9.17, 15) is 0 Å². The highest BCUT2D eigenvalue weighted by molar-refractivity contribution is 5.84. The summed E-state index contributed by atoms with van der Waals surface area (Å²) in [4.78, 5) is 30.0. The number of aromatic nitrogens is 7. The molecule has 0 aliphatic heterocycles. The van der Waals surface area contributed by atoms with E-state index in [4.69, 9.17) is 38.7 Å². The lowest BCUT2D eigenvalue weighted by molar-refractivity contribution is 0.617. The normalized spacial score (nSPS) is 11.5. The highest BCUT2D eigenvalue weighted by atomic mass is 16.4. The molecular weight excluding hydrogens is 635 g/mol. The average molecular weight is 660 g/mol. The fourth-order valence-electron chi connectivity index (χ4n) is 6.31. The molecule has 0 spiro atoms. The molecule has 10 aromatic rings. The lowest BCUT2D eigenvalue weighted by atomic mass is 10.0. The molecule has 0 aliphatic carbocycles. The van der Waals surface area contributed by atoms with Gasteiger partial charge in [0.2, 0.25) is 17.7 Å². The molecule has 0 saturated carbocycles. The second-order valence-corrected chi connectivity index (χ2v) is 12.0. The first-order chi connectivity index (χ1) is 25.2. The quantitative estimate of drug-likeness (QED) is 0.174. The molecule has 6 aromatic carbocycles. The summed E-state index contributed by atoms with van der Waals surface area (Å²) in [6.45, 7) is 0. The van der Waals surface area contributed by atoms with Crippen LogP contribution in [0.1, 0.15) is 0 Å². The Morgan fingerprint density at radius 3 is 1.47 bits per heavy atom. The summed E-state index contributed by atoms with van der Waals surface area (Å²) in [7, 11) is 0. The van der Waals surface area contributed by atoms with E-state index in [1.54, 1.807) is 0 Å². The van der Waals surface area contributed by atoms with Crippen molar-refractivity contribution in [1.29, 1.82) is 0 Å². The molecule has 51 heavy (non-hydrogen) atoms. The molecule has 0 fully saturated rings. The van der Waals surface area contributed by atoms with Crippen LogP contribution in [-0.2, 0) is 0 Å². The molecule has 0 atom stereocenters. The van der Waals surface area contributed by atoms with Gasteiger partial charge in [-0.25, -0.2) is 19.9 Å². The highest BCUT2D eigenvalue weighted by Crippen LogP contribution is 2.35. The first-order valence-electron chi connectivity index (χ1n) is 16.5. The lowest BCUT2D eigenvalue weighted by Gasteiger charge is -2.12.